The van der Waals surface area contributed by atoms with E-state index in [2.05, 4.69) is 39.6 Å². The molecule has 0 bridgehead atoms. The van der Waals surface area contributed by atoms with Gasteiger partial charge in [0.2, 0.25) is 0 Å². The van der Waals surface area contributed by atoms with E-state index in [9.17, 15) is 4.79 Å². The van der Waals surface area contributed by atoms with E-state index < -0.39 is 0 Å². The summed E-state index contributed by atoms with van der Waals surface area (Å²) in [6.07, 6.45) is 2.84. The summed E-state index contributed by atoms with van der Waals surface area (Å²) in [6.45, 7) is 3.60. The molecule has 0 amide bonds. The van der Waals surface area contributed by atoms with Gasteiger partial charge in [0, 0.05) is 25.4 Å². The Kier molecular flexibility index (Phi) is 4.60. The summed E-state index contributed by atoms with van der Waals surface area (Å²) in [7, 11) is 0. The van der Waals surface area contributed by atoms with Crippen LogP contribution in [0.3, 0.4) is 0 Å². The summed E-state index contributed by atoms with van der Waals surface area (Å²) >= 11 is 5.12. The first-order valence-electron chi connectivity index (χ1n) is 5.86. The van der Waals surface area contributed by atoms with Crippen LogP contribution < -0.4 is 10.9 Å². The summed E-state index contributed by atoms with van der Waals surface area (Å²) in [5.74, 6) is 0. The molecule has 96 valence electrons. The Morgan fingerprint density at radius 3 is 2.94 bits per heavy atom. The van der Waals surface area contributed by atoms with Crippen LogP contribution in [0, 0.1) is 0 Å². The lowest BCUT2D eigenvalue weighted by atomic mass is 10.3. The molecule has 3 nitrogen and oxygen atoms in total. The lowest BCUT2D eigenvalue weighted by molar-refractivity contribution is 0.655. The van der Waals surface area contributed by atoms with E-state index in [1.807, 2.05) is 12.3 Å². The molecule has 2 aromatic rings. The van der Waals surface area contributed by atoms with Crippen LogP contribution in [0.1, 0.15) is 18.9 Å². The van der Waals surface area contributed by atoms with Crippen LogP contribution >= 0.6 is 27.3 Å². The Labute approximate surface area is 119 Å². The molecule has 0 unspecified atom stereocenters. The fourth-order valence-electron chi connectivity index (χ4n) is 1.69. The van der Waals surface area contributed by atoms with Crippen molar-refractivity contribution in [2.75, 3.05) is 5.32 Å². The van der Waals surface area contributed by atoms with E-state index in [1.165, 1.54) is 5.56 Å². The predicted octanol–water partition coefficient (Wildman–Crippen LogP) is 3.69. The standard InChI is InChI=1S/C13H15BrN2OS/c1-2-5-16-8-11(3-4-13(16)17)15-7-10-6-12(14)18-9-10/h3-4,6,8-9,15H,2,5,7H2,1H3. The maximum atomic E-state index is 11.6. The van der Waals surface area contributed by atoms with Crippen molar-refractivity contribution < 1.29 is 0 Å². The van der Waals surface area contributed by atoms with Crippen LogP contribution in [0.5, 0.6) is 0 Å². The molecule has 0 radical (unpaired) electrons. The van der Waals surface area contributed by atoms with Gasteiger partial charge in [-0.15, -0.1) is 11.3 Å². The Morgan fingerprint density at radius 1 is 1.44 bits per heavy atom. The van der Waals surface area contributed by atoms with Crippen molar-refractivity contribution in [2.45, 2.75) is 26.4 Å². The number of aryl methyl sites for hydroxylation is 1. The highest BCUT2D eigenvalue weighted by atomic mass is 79.9. The van der Waals surface area contributed by atoms with Crippen molar-refractivity contribution in [3.05, 3.63) is 49.5 Å². The minimum Gasteiger partial charge on any atom is -0.380 e. The van der Waals surface area contributed by atoms with Crippen molar-refractivity contribution >= 4 is 33.0 Å². The second kappa shape index (κ2) is 6.20. The van der Waals surface area contributed by atoms with Crippen LogP contribution in [0.25, 0.3) is 0 Å². The van der Waals surface area contributed by atoms with Crippen LogP contribution in [0.2, 0.25) is 0 Å². The summed E-state index contributed by atoms with van der Waals surface area (Å²) < 4.78 is 2.88. The third-order valence-corrected chi connectivity index (χ3v) is 4.12. The van der Waals surface area contributed by atoms with Gasteiger partial charge in [-0.2, -0.15) is 0 Å². The smallest absolute Gasteiger partial charge is 0.250 e. The highest BCUT2D eigenvalue weighted by Crippen LogP contribution is 2.21. The molecule has 2 rings (SSSR count). The van der Waals surface area contributed by atoms with Gasteiger partial charge >= 0.3 is 0 Å². The van der Waals surface area contributed by atoms with E-state index in [1.54, 1.807) is 22.0 Å². The van der Waals surface area contributed by atoms with Crippen molar-refractivity contribution in [2.24, 2.45) is 0 Å². The third kappa shape index (κ3) is 3.46. The lowest BCUT2D eigenvalue weighted by Crippen LogP contribution is -2.18. The fraction of sp³-hybridized carbons (Fsp3) is 0.308. The molecule has 0 spiro atoms. The van der Waals surface area contributed by atoms with Gasteiger partial charge in [-0.25, -0.2) is 0 Å². The van der Waals surface area contributed by atoms with E-state index in [-0.39, 0.29) is 5.56 Å². The Hall–Kier alpha value is -1.07. The number of pyridine rings is 1. The topological polar surface area (TPSA) is 34.0 Å². The maximum Gasteiger partial charge on any atom is 0.250 e. The van der Waals surface area contributed by atoms with E-state index in [0.717, 1.165) is 29.0 Å². The zero-order valence-electron chi connectivity index (χ0n) is 10.1. The van der Waals surface area contributed by atoms with Gasteiger partial charge in [0.15, 0.2) is 0 Å². The molecular formula is C13H15BrN2OS. The van der Waals surface area contributed by atoms with Crippen LogP contribution in [-0.4, -0.2) is 4.57 Å². The SMILES string of the molecule is CCCn1cc(NCc2csc(Br)c2)ccc1=O. The summed E-state index contributed by atoms with van der Waals surface area (Å²) in [5, 5.41) is 5.44. The number of rotatable bonds is 5. The van der Waals surface area contributed by atoms with Crippen LogP contribution in [0.15, 0.2) is 38.4 Å². The molecule has 1 N–H and O–H groups in total. The van der Waals surface area contributed by atoms with Crippen molar-refractivity contribution in [1.29, 1.82) is 0 Å². The minimum atomic E-state index is 0.0562. The van der Waals surface area contributed by atoms with E-state index >= 15 is 0 Å². The number of thiophene rings is 1. The molecule has 0 aliphatic heterocycles. The molecular weight excluding hydrogens is 312 g/mol. The second-order valence-corrected chi connectivity index (χ2v) is 6.35. The molecule has 0 saturated heterocycles. The van der Waals surface area contributed by atoms with Crippen molar-refractivity contribution in [3.63, 3.8) is 0 Å². The summed E-state index contributed by atoms with van der Waals surface area (Å²) in [4.78, 5) is 11.6. The van der Waals surface area contributed by atoms with Gasteiger partial charge in [-0.1, -0.05) is 6.92 Å². The molecule has 2 aromatic heterocycles. The Morgan fingerprint density at radius 2 is 2.28 bits per heavy atom. The van der Waals surface area contributed by atoms with Gasteiger partial charge in [-0.3, -0.25) is 4.79 Å². The molecule has 0 aliphatic rings. The van der Waals surface area contributed by atoms with Crippen LogP contribution in [0.4, 0.5) is 5.69 Å². The molecule has 0 aromatic carbocycles. The molecule has 5 heteroatoms. The van der Waals surface area contributed by atoms with Crippen molar-refractivity contribution in [1.82, 2.24) is 4.57 Å². The van der Waals surface area contributed by atoms with Crippen molar-refractivity contribution in [3.8, 4) is 0 Å². The molecule has 0 saturated carbocycles. The number of halogens is 1. The number of hydrogen-bond donors (Lipinski definition) is 1. The average Bonchev–Trinajstić information content (AvgIpc) is 2.76. The minimum absolute atomic E-state index is 0.0562. The molecule has 2 heterocycles. The largest absolute Gasteiger partial charge is 0.380 e. The fourth-order valence-corrected chi connectivity index (χ4v) is 2.90. The monoisotopic (exact) mass is 326 g/mol. The number of aromatic nitrogens is 1. The zero-order valence-corrected chi connectivity index (χ0v) is 12.6. The number of nitrogens with zero attached hydrogens (tertiary/aromatic N) is 1. The van der Waals surface area contributed by atoms with Crippen LogP contribution in [-0.2, 0) is 13.1 Å². The quantitative estimate of drug-likeness (QED) is 0.909. The molecule has 18 heavy (non-hydrogen) atoms. The molecule has 0 fully saturated rings. The number of anilines is 1. The van der Waals surface area contributed by atoms with E-state index in [0.29, 0.717) is 0 Å². The van der Waals surface area contributed by atoms with Gasteiger partial charge in [0.05, 0.1) is 9.47 Å². The average molecular weight is 327 g/mol. The predicted molar refractivity (Wildman–Crippen MR) is 80.3 cm³/mol. The number of hydrogen-bond acceptors (Lipinski definition) is 3. The first-order valence-corrected chi connectivity index (χ1v) is 7.53. The molecule has 0 atom stereocenters. The third-order valence-electron chi connectivity index (χ3n) is 2.57. The molecule has 0 aliphatic carbocycles. The Balaban J connectivity index is 2.05. The summed E-state index contributed by atoms with van der Waals surface area (Å²) in [6, 6.07) is 5.54. The first-order chi connectivity index (χ1) is 8.69. The highest BCUT2D eigenvalue weighted by molar-refractivity contribution is 9.11. The van der Waals surface area contributed by atoms with Gasteiger partial charge in [-0.05, 0) is 45.4 Å². The Bertz CT molecular complexity index is 576. The maximum absolute atomic E-state index is 11.6. The summed E-state index contributed by atoms with van der Waals surface area (Å²) in [5.41, 5.74) is 2.27. The van der Waals surface area contributed by atoms with Gasteiger partial charge < -0.3 is 9.88 Å². The lowest BCUT2D eigenvalue weighted by Gasteiger charge is -2.08. The zero-order chi connectivity index (χ0) is 13.0. The van der Waals surface area contributed by atoms with Gasteiger partial charge in [0.25, 0.3) is 5.56 Å². The first kappa shape index (κ1) is 13.4. The van der Waals surface area contributed by atoms with Gasteiger partial charge in [0.1, 0.15) is 0 Å². The second-order valence-electron chi connectivity index (χ2n) is 4.06. The highest BCUT2D eigenvalue weighted by Gasteiger charge is 2.00. The normalized spacial score (nSPS) is 10.6. The van der Waals surface area contributed by atoms with E-state index in [4.69, 9.17) is 0 Å². The number of nitrogens with one attached hydrogen (secondary N) is 1.